The van der Waals surface area contributed by atoms with E-state index in [1.165, 1.54) is 0 Å². The molecule has 0 bridgehead atoms. The van der Waals surface area contributed by atoms with Crippen LogP contribution in [0.4, 0.5) is 5.69 Å². The summed E-state index contributed by atoms with van der Waals surface area (Å²) in [6, 6.07) is 9.62. The van der Waals surface area contributed by atoms with Crippen molar-refractivity contribution < 1.29 is 4.79 Å². The van der Waals surface area contributed by atoms with Crippen molar-refractivity contribution in [2.75, 3.05) is 5.32 Å². The van der Waals surface area contributed by atoms with Gasteiger partial charge < -0.3 is 11.1 Å². The van der Waals surface area contributed by atoms with Gasteiger partial charge in [0, 0.05) is 17.6 Å². The standard InChI is InChI=1S/C13H13N3O/c14-10-7-9(10)13(17)16-11-5-1-3-8-4-2-6-15-12(8)11/h1-6,9-10H,7,14H2,(H,16,17). The van der Waals surface area contributed by atoms with Crippen molar-refractivity contribution in [2.45, 2.75) is 12.5 Å². The zero-order valence-corrected chi connectivity index (χ0v) is 9.26. The molecule has 2 aromatic rings. The number of carbonyl (C=O) groups excluding carboxylic acids is 1. The molecular weight excluding hydrogens is 214 g/mol. The molecule has 0 saturated heterocycles. The fourth-order valence-electron chi connectivity index (χ4n) is 1.95. The number of nitrogens with zero attached hydrogens (tertiary/aromatic N) is 1. The van der Waals surface area contributed by atoms with Gasteiger partial charge >= 0.3 is 0 Å². The molecular formula is C13H13N3O. The number of pyridine rings is 1. The van der Waals surface area contributed by atoms with E-state index in [2.05, 4.69) is 10.3 Å². The molecule has 1 heterocycles. The van der Waals surface area contributed by atoms with Gasteiger partial charge in [0.1, 0.15) is 0 Å². The molecule has 1 fully saturated rings. The lowest BCUT2D eigenvalue weighted by atomic mass is 10.2. The number of fused-ring (bicyclic) bond motifs is 1. The SMILES string of the molecule is NC1CC1C(=O)Nc1cccc2cccnc12. The highest BCUT2D eigenvalue weighted by molar-refractivity contribution is 6.02. The Balaban J connectivity index is 1.92. The third-order valence-corrected chi connectivity index (χ3v) is 3.07. The zero-order valence-electron chi connectivity index (χ0n) is 9.26. The summed E-state index contributed by atoms with van der Waals surface area (Å²) in [7, 11) is 0. The van der Waals surface area contributed by atoms with Crippen LogP contribution in [0.1, 0.15) is 6.42 Å². The van der Waals surface area contributed by atoms with Gasteiger partial charge in [-0.05, 0) is 18.6 Å². The number of hydrogen-bond donors (Lipinski definition) is 2. The number of para-hydroxylation sites is 1. The van der Waals surface area contributed by atoms with E-state index in [1.54, 1.807) is 6.20 Å². The molecule has 2 unspecified atom stereocenters. The maximum Gasteiger partial charge on any atom is 0.229 e. The zero-order chi connectivity index (χ0) is 11.8. The summed E-state index contributed by atoms with van der Waals surface area (Å²) in [5.41, 5.74) is 7.23. The Hall–Kier alpha value is -1.94. The number of nitrogens with two attached hydrogens (primary N) is 1. The minimum atomic E-state index is -0.0334. The second kappa shape index (κ2) is 3.82. The van der Waals surface area contributed by atoms with Crippen LogP contribution in [-0.2, 0) is 4.79 Å². The van der Waals surface area contributed by atoms with Crippen LogP contribution in [-0.4, -0.2) is 16.9 Å². The summed E-state index contributed by atoms with van der Waals surface area (Å²) >= 11 is 0. The number of anilines is 1. The third-order valence-electron chi connectivity index (χ3n) is 3.07. The monoisotopic (exact) mass is 227 g/mol. The molecule has 4 heteroatoms. The Kier molecular flexibility index (Phi) is 2.30. The summed E-state index contributed by atoms with van der Waals surface area (Å²) < 4.78 is 0. The highest BCUT2D eigenvalue weighted by atomic mass is 16.2. The third kappa shape index (κ3) is 1.87. The van der Waals surface area contributed by atoms with E-state index in [9.17, 15) is 4.79 Å². The maximum absolute atomic E-state index is 11.8. The average Bonchev–Trinajstić information content (AvgIpc) is 3.07. The topological polar surface area (TPSA) is 68.0 Å². The summed E-state index contributed by atoms with van der Waals surface area (Å²) in [4.78, 5) is 16.1. The smallest absolute Gasteiger partial charge is 0.229 e. The molecule has 1 aliphatic rings. The second-order valence-corrected chi connectivity index (χ2v) is 4.38. The Morgan fingerprint density at radius 3 is 2.88 bits per heavy atom. The molecule has 0 aliphatic heterocycles. The number of rotatable bonds is 2. The Morgan fingerprint density at radius 1 is 1.35 bits per heavy atom. The molecule has 2 atom stereocenters. The van der Waals surface area contributed by atoms with Crippen LogP contribution < -0.4 is 11.1 Å². The minimum absolute atomic E-state index is 0.00402. The van der Waals surface area contributed by atoms with E-state index >= 15 is 0 Å². The Bertz CT molecular complexity index is 576. The highest BCUT2D eigenvalue weighted by Gasteiger charge is 2.40. The predicted octanol–water partition coefficient (Wildman–Crippen LogP) is 1.52. The van der Waals surface area contributed by atoms with Gasteiger partial charge in [-0.2, -0.15) is 0 Å². The molecule has 1 aromatic heterocycles. The van der Waals surface area contributed by atoms with E-state index in [0.29, 0.717) is 0 Å². The van der Waals surface area contributed by atoms with Crippen LogP contribution in [0, 0.1) is 5.92 Å². The van der Waals surface area contributed by atoms with Gasteiger partial charge in [-0.25, -0.2) is 0 Å². The van der Waals surface area contributed by atoms with Gasteiger partial charge in [0.15, 0.2) is 0 Å². The van der Waals surface area contributed by atoms with E-state index in [4.69, 9.17) is 5.73 Å². The fraction of sp³-hybridized carbons (Fsp3) is 0.231. The van der Waals surface area contributed by atoms with Gasteiger partial charge in [0.2, 0.25) is 5.91 Å². The van der Waals surface area contributed by atoms with Crippen LogP contribution >= 0.6 is 0 Å². The predicted molar refractivity (Wildman–Crippen MR) is 66.5 cm³/mol. The summed E-state index contributed by atoms with van der Waals surface area (Å²) in [5.74, 6) is -0.0374. The highest BCUT2D eigenvalue weighted by Crippen LogP contribution is 2.30. The largest absolute Gasteiger partial charge is 0.327 e. The summed E-state index contributed by atoms with van der Waals surface area (Å²) in [6.07, 6.45) is 2.50. The molecule has 1 saturated carbocycles. The van der Waals surface area contributed by atoms with Crippen molar-refractivity contribution in [1.82, 2.24) is 4.98 Å². The number of aromatic nitrogens is 1. The van der Waals surface area contributed by atoms with Gasteiger partial charge in [0.05, 0.1) is 17.1 Å². The lowest BCUT2D eigenvalue weighted by Gasteiger charge is -2.07. The first-order chi connectivity index (χ1) is 8.25. The van der Waals surface area contributed by atoms with Crippen molar-refractivity contribution in [3.63, 3.8) is 0 Å². The Labute approximate surface area is 98.8 Å². The lowest BCUT2D eigenvalue weighted by Crippen LogP contribution is -2.18. The van der Waals surface area contributed by atoms with Gasteiger partial charge in [-0.15, -0.1) is 0 Å². The molecule has 17 heavy (non-hydrogen) atoms. The number of amides is 1. The van der Waals surface area contributed by atoms with Crippen LogP contribution in [0.3, 0.4) is 0 Å². The number of hydrogen-bond acceptors (Lipinski definition) is 3. The molecule has 1 amide bonds. The number of carbonyl (C=O) groups is 1. The second-order valence-electron chi connectivity index (χ2n) is 4.38. The normalized spacial score (nSPS) is 22.4. The maximum atomic E-state index is 11.8. The van der Waals surface area contributed by atoms with Crippen LogP contribution in [0.25, 0.3) is 10.9 Å². The molecule has 86 valence electrons. The first kappa shape index (κ1) is 10.2. The van der Waals surface area contributed by atoms with Gasteiger partial charge in [-0.1, -0.05) is 18.2 Å². The van der Waals surface area contributed by atoms with E-state index in [-0.39, 0.29) is 17.9 Å². The van der Waals surface area contributed by atoms with E-state index in [0.717, 1.165) is 23.0 Å². The van der Waals surface area contributed by atoms with Crippen molar-refractivity contribution >= 4 is 22.5 Å². The van der Waals surface area contributed by atoms with E-state index in [1.807, 2.05) is 30.3 Å². The van der Waals surface area contributed by atoms with Crippen molar-refractivity contribution in [2.24, 2.45) is 11.7 Å². The minimum Gasteiger partial charge on any atom is -0.327 e. The van der Waals surface area contributed by atoms with Crippen LogP contribution in [0.15, 0.2) is 36.5 Å². The number of nitrogens with one attached hydrogen (secondary N) is 1. The van der Waals surface area contributed by atoms with Crippen LogP contribution in [0.2, 0.25) is 0 Å². The molecule has 4 nitrogen and oxygen atoms in total. The van der Waals surface area contributed by atoms with E-state index < -0.39 is 0 Å². The fourth-order valence-corrected chi connectivity index (χ4v) is 1.95. The molecule has 0 radical (unpaired) electrons. The average molecular weight is 227 g/mol. The molecule has 1 aromatic carbocycles. The summed E-state index contributed by atoms with van der Waals surface area (Å²) in [6.45, 7) is 0. The number of benzene rings is 1. The molecule has 0 spiro atoms. The Morgan fingerprint density at radius 2 is 2.12 bits per heavy atom. The van der Waals surface area contributed by atoms with Crippen molar-refractivity contribution in [1.29, 1.82) is 0 Å². The van der Waals surface area contributed by atoms with Gasteiger partial charge in [0.25, 0.3) is 0 Å². The van der Waals surface area contributed by atoms with Crippen LogP contribution in [0.5, 0.6) is 0 Å². The van der Waals surface area contributed by atoms with Crippen molar-refractivity contribution in [3.8, 4) is 0 Å². The first-order valence-corrected chi connectivity index (χ1v) is 5.66. The van der Waals surface area contributed by atoms with Gasteiger partial charge in [-0.3, -0.25) is 9.78 Å². The lowest BCUT2D eigenvalue weighted by molar-refractivity contribution is -0.117. The summed E-state index contributed by atoms with van der Waals surface area (Å²) in [5, 5.41) is 3.91. The molecule has 3 N–H and O–H groups in total. The molecule has 3 rings (SSSR count). The van der Waals surface area contributed by atoms with Crippen molar-refractivity contribution in [3.05, 3.63) is 36.5 Å². The first-order valence-electron chi connectivity index (χ1n) is 5.66. The quantitative estimate of drug-likeness (QED) is 0.817. The molecule has 1 aliphatic carbocycles.